The summed E-state index contributed by atoms with van der Waals surface area (Å²) >= 11 is 0. The highest BCUT2D eigenvalue weighted by Crippen LogP contribution is 2.20. The molecule has 2 aromatic carbocycles. The molecule has 5 heteroatoms. The Balaban J connectivity index is 1.74. The number of amides is 1. The highest BCUT2D eigenvalue weighted by Gasteiger charge is 2.14. The van der Waals surface area contributed by atoms with E-state index in [4.69, 9.17) is 9.47 Å². The van der Waals surface area contributed by atoms with Gasteiger partial charge in [0, 0.05) is 0 Å². The van der Waals surface area contributed by atoms with Crippen molar-refractivity contribution in [1.29, 1.82) is 0 Å². The van der Waals surface area contributed by atoms with E-state index in [1.165, 1.54) is 24.3 Å². The summed E-state index contributed by atoms with van der Waals surface area (Å²) in [5, 5.41) is 2.76. The third kappa shape index (κ3) is 4.98. The van der Waals surface area contributed by atoms with Crippen LogP contribution in [0.1, 0.15) is 18.1 Å². The topological polar surface area (TPSA) is 47.6 Å². The number of hydrogen-bond acceptors (Lipinski definition) is 3. The van der Waals surface area contributed by atoms with Gasteiger partial charge in [0.25, 0.3) is 5.91 Å². The van der Waals surface area contributed by atoms with E-state index in [-0.39, 0.29) is 11.7 Å². The molecule has 4 nitrogen and oxygen atoms in total. The SMILES string of the molecule is Cc1cccc(OCCNC(=O)[C@H](C)Oc2ccc(F)cc2)c1C. The average Bonchev–Trinajstić information content (AvgIpc) is 2.57. The lowest BCUT2D eigenvalue weighted by atomic mass is 10.1. The zero-order valence-electron chi connectivity index (χ0n) is 14.1. The normalized spacial score (nSPS) is 11.7. The van der Waals surface area contributed by atoms with Gasteiger partial charge in [0.1, 0.15) is 23.9 Å². The Labute approximate surface area is 141 Å². The Morgan fingerprint density at radius 1 is 1.17 bits per heavy atom. The lowest BCUT2D eigenvalue weighted by Gasteiger charge is -2.15. The average molecular weight is 331 g/mol. The van der Waals surface area contributed by atoms with Gasteiger partial charge < -0.3 is 14.8 Å². The number of hydrogen-bond donors (Lipinski definition) is 1. The molecular weight excluding hydrogens is 309 g/mol. The maximum absolute atomic E-state index is 12.8. The van der Waals surface area contributed by atoms with Crippen molar-refractivity contribution < 1.29 is 18.7 Å². The van der Waals surface area contributed by atoms with Crippen LogP contribution in [0.2, 0.25) is 0 Å². The maximum atomic E-state index is 12.8. The van der Waals surface area contributed by atoms with Crippen LogP contribution in [0, 0.1) is 19.7 Å². The second-order valence-electron chi connectivity index (χ2n) is 5.55. The van der Waals surface area contributed by atoms with Gasteiger partial charge in [-0.05, 0) is 62.2 Å². The first-order chi connectivity index (χ1) is 11.5. The quantitative estimate of drug-likeness (QED) is 0.791. The number of carbonyl (C=O) groups excluding carboxylic acids is 1. The summed E-state index contributed by atoms with van der Waals surface area (Å²) in [7, 11) is 0. The van der Waals surface area contributed by atoms with Gasteiger partial charge in [-0.25, -0.2) is 4.39 Å². The van der Waals surface area contributed by atoms with Crippen molar-refractivity contribution in [2.75, 3.05) is 13.2 Å². The van der Waals surface area contributed by atoms with Crippen LogP contribution in [-0.2, 0) is 4.79 Å². The summed E-state index contributed by atoms with van der Waals surface area (Å²) in [5.74, 6) is 0.678. The smallest absolute Gasteiger partial charge is 0.260 e. The van der Waals surface area contributed by atoms with Crippen LogP contribution in [0.4, 0.5) is 4.39 Å². The van der Waals surface area contributed by atoms with E-state index >= 15 is 0 Å². The Kier molecular flexibility index (Phi) is 6.18. The maximum Gasteiger partial charge on any atom is 0.260 e. The van der Waals surface area contributed by atoms with Crippen LogP contribution in [0.25, 0.3) is 0 Å². The van der Waals surface area contributed by atoms with Gasteiger partial charge in [0.05, 0.1) is 6.54 Å². The Bertz CT molecular complexity index is 686. The highest BCUT2D eigenvalue weighted by molar-refractivity contribution is 5.80. The monoisotopic (exact) mass is 331 g/mol. The van der Waals surface area contributed by atoms with E-state index in [0.29, 0.717) is 18.9 Å². The fourth-order valence-corrected chi connectivity index (χ4v) is 2.13. The van der Waals surface area contributed by atoms with E-state index in [2.05, 4.69) is 5.32 Å². The minimum absolute atomic E-state index is 0.246. The summed E-state index contributed by atoms with van der Waals surface area (Å²) in [6, 6.07) is 11.4. The molecule has 1 atom stereocenters. The van der Waals surface area contributed by atoms with Crippen LogP contribution in [0.15, 0.2) is 42.5 Å². The Morgan fingerprint density at radius 2 is 1.88 bits per heavy atom. The van der Waals surface area contributed by atoms with Gasteiger partial charge in [0.2, 0.25) is 0 Å². The zero-order valence-corrected chi connectivity index (χ0v) is 14.1. The van der Waals surface area contributed by atoms with Crippen molar-refractivity contribution >= 4 is 5.91 Å². The van der Waals surface area contributed by atoms with Crippen molar-refractivity contribution in [2.45, 2.75) is 26.9 Å². The number of benzene rings is 2. The predicted octanol–water partition coefficient (Wildman–Crippen LogP) is 3.41. The third-order valence-corrected chi connectivity index (χ3v) is 3.71. The van der Waals surface area contributed by atoms with Gasteiger partial charge >= 0.3 is 0 Å². The lowest BCUT2D eigenvalue weighted by molar-refractivity contribution is -0.127. The molecule has 0 spiro atoms. The van der Waals surface area contributed by atoms with Crippen LogP contribution in [0.5, 0.6) is 11.5 Å². The summed E-state index contributed by atoms with van der Waals surface area (Å²) in [5.41, 5.74) is 2.26. The zero-order chi connectivity index (χ0) is 17.5. The molecule has 2 rings (SSSR count). The van der Waals surface area contributed by atoms with Crippen molar-refractivity contribution in [3.8, 4) is 11.5 Å². The standard InChI is InChI=1S/C19H22FNO3/c1-13-5-4-6-18(14(13)2)23-12-11-21-19(22)15(3)24-17-9-7-16(20)8-10-17/h4-10,15H,11-12H2,1-3H3,(H,21,22)/t15-/m0/s1. The molecule has 24 heavy (non-hydrogen) atoms. The summed E-state index contributed by atoms with van der Waals surface area (Å²) in [4.78, 5) is 12.0. The molecule has 0 radical (unpaired) electrons. The van der Waals surface area contributed by atoms with Crippen LogP contribution in [0.3, 0.4) is 0 Å². The molecular formula is C19H22FNO3. The highest BCUT2D eigenvalue weighted by atomic mass is 19.1. The summed E-state index contributed by atoms with van der Waals surface area (Å²) < 4.78 is 24.0. The lowest BCUT2D eigenvalue weighted by Crippen LogP contribution is -2.38. The molecule has 1 N–H and O–H groups in total. The van der Waals surface area contributed by atoms with Crippen LogP contribution in [-0.4, -0.2) is 25.2 Å². The van der Waals surface area contributed by atoms with Gasteiger partial charge in [-0.1, -0.05) is 12.1 Å². The molecule has 0 heterocycles. The number of halogens is 1. The third-order valence-electron chi connectivity index (χ3n) is 3.71. The number of nitrogens with one attached hydrogen (secondary N) is 1. The van der Waals surface area contributed by atoms with E-state index in [1.54, 1.807) is 6.92 Å². The van der Waals surface area contributed by atoms with Crippen molar-refractivity contribution in [1.82, 2.24) is 5.32 Å². The predicted molar refractivity (Wildman–Crippen MR) is 90.9 cm³/mol. The second kappa shape index (κ2) is 8.34. The molecule has 0 fully saturated rings. The van der Waals surface area contributed by atoms with Gasteiger partial charge in [-0.15, -0.1) is 0 Å². The molecule has 0 saturated carbocycles. The Hall–Kier alpha value is -2.56. The first-order valence-corrected chi connectivity index (χ1v) is 7.86. The molecule has 0 unspecified atom stereocenters. The van der Waals surface area contributed by atoms with Crippen LogP contribution >= 0.6 is 0 Å². The summed E-state index contributed by atoms with van der Waals surface area (Å²) in [6.07, 6.45) is -0.670. The van der Waals surface area contributed by atoms with Gasteiger partial charge in [0.15, 0.2) is 6.10 Å². The van der Waals surface area contributed by atoms with E-state index in [9.17, 15) is 9.18 Å². The molecule has 0 bridgehead atoms. The molecule has 128 valence electrons. The van der Waals surface area contributed by atoms with E-state index < -0.39 is 6.10 Å². The molecule has 0 aromatic heterocycles. The van der Waals surface area contributed by atoms with Crippen LogP contribution < -0.4 is 14.8 Å². The van der Waals surface area contributed by atoms with Crippen molar-refractivity contribution in [2.24, 2.45) is 0 Å². The van der Waals surface area contributed by atoms with E-state index in [0.717, 1.165) is 16.9 Å². The molecule has 0 aliphatic heterocycles. The molecule has 0 aliphatic rings. The first kappa shape index (κ1) is 17.8. The number of ether oxygens (including phenoxy) is 2. The molecule has 0 saturated heterocycles. The van der Waals surface area contributed by atoms with Crippen molar-refractivity contribution in [3.05, 3.63) is 59.4 Å². The number of rotatable bonds is 7. The Morgan fingerprint density at radius 3 is 2.58 bits per heavy atom. The minimum atomic E-state index is -0.670. The minimum Gasteiger partial charge on any atom is -0.491 e. The molecule has 2 aromatic rings. The molecule has 1 amide bonds. The fraction of sp³-hybridized carbons (Fsp3) is 0.316. The molecule has 0 aliphatic carbocycles. The summed E-state index contributed by atoms with van der Waals surface area (Å²) in [6.45, 7) is 6.42. The fourth-order valence-electron chi connectivity index (χ4n) is 2.13. The van der Waals surface area contributed by atoms with Gasteiger partial charge in [-0.2, -0.15) is 0 Å². The van der Waals surface area contributed by atoms with Gasteiger partial charge in [-0.3, -0.25) is 4.79 Å². The number of carbonyl (C=O) groups is 1. The second-order valence-corrected chi connectivity index (χ2v) is 5.55. The van der Waals surface area contributed by atoms with E-state index in [1.807, 2.05) is 32.0 Å². The van der Waals surface area contributed by atoms with Crippen molar-refractivity contribution in [3.63, 3.8) is 0 Å². The largest absolute Gasteiger partial charge is 0.491 e. The first-order valence-electron chi connectivity index (χ1n) is 7.86. The number of aryl methyl sites for hydroxylation is 1.